The fourth-order valence-corrected chi connectivity index (χ4v) is 14.0. The third-order valence-electron chi connectivity index (χ3n) is 11.9. The summed E-state index contributed by atoms with van der Waals surface area (Å²) in [6.07, 6.45) is -8.37. The predicted octanol–water partition coefficient (Wildman–Crippen LogP) is 8.05. The van der Waals surface area contributed by atoms with E-state index >= 15 is 0 Å². The summed E-state index contributed by atoms with van der Waals surface area (Å²) in [6, 6.07) is 29.3. The van der Waals surface area contributed by atoms with Crippen LogP contribution in [0.15, 0.2) is 104 Å². The van der Waals surface area contributed by atoms with Crippen molar-refractivity contribution in [2.45, 2.75) is 152 Å². The van der Waals surface area contributed by atoms with Crippen LogP contribution in [0.4, 0.5) is 0 Å². The van der Waals surface area contributed by atoms with E-state index in [0.717, 1.165) is 16.7 Å². The minimum absolute atomic E-state index is 0.00116. The maximum Gasteiger partial charge on any atom is 0.349 e. The van der Waals surface area contributed by atoms with Crippen LogP contribution < -0.4 is 0 Å². The number of rotatable bonds is 16. The number of benzene rings is 3. The summed E-state index contributed by atoms with van der Waals surface area (Å²) in [5, 5.41) is -0.665. The lowest BCUT2D eigenvalue weighted by atomic mass is 9.95. The van der Waals surface area contributed by atoms with E-state index in [1.807, 2.05) is 91.0 Å². The molecule has 4 saturated heterocycles. The van der Waals surface area contributed by atoms with Crippen LogP contribution in [0.5, 0.6) is 0 Å². The summed E-state index contributed by atoms with van der Waals surface area (Å²) < 4.78 is 74.3. The lowest BCUT2D eigenvalue weighted by Crippen LogP contribution is -2.72. The molecule has 4 aliphatic heterocycles. The first-order chi connectivity index (χ1) is 30.2. The Morgan fingerprint density at radius 3 is 1.84 bits per heavy atom. The number of carbonyl (C=O) groups excluding carboxylic acids is 2. The average molecular weight is 889 g/mol. The van der Waals surface area contributed by atoms with Gasteiger partial charge in [-0.05, 0) is 18.1 Å². The van der Waals surface area contributed by atoms with Crippen molar-refractivity contribution >= 4 is 20.3 Å². The van der Waals surface area contributed by atoms with Crippen molar-refractivity contribution < 1.29 is 61.1 Å². The van der Waals surface area contributed by atoms with Gasteiger partial charge in [-0.1, -0.05) is 139 Å². The fourth-order valence-electron chi connectivity index (χ4n) is 9.05. The Hall–Kier alpha value is -3.64. The molecule has 0 aromatic heterocycles. The number of ether oxygens (including phenoxy) is 9. The van der Waals surface area contributed by atoms with Gasteiger partial charge in [0.25, 0.3) is 0 Å². The lowest BCUT2D eigenvalue weighted by molar-refractivity contribution is -0.396. The third-order valence-corrected chi connectivity index (χ3v) is 17.0. The summed E-state index contributed by atoms with van der Waals surface area (Å²) >= 11 is 0. The van der Waals surface area contributed by atoms with Gasteiger partial charge >= 0.3 is 14.5 Å². The zero-order valence-electron chi connectivity index (χ0n) is 37.6. The molecule has 3 aromatic carbocycles. The Morgan fingerprint density at radius 1 is 0.683 bits per heavy atom. The van der Waals surface area contributed by atoms with Crippen LogP contribution in [0, 0.1) is 0 Å². The molecule has 4 aliphatic rings. The van der Waals surface area contributed by atoms with Gasteiger partial charge in [0.15, 0.2) is 25.0 Å². The molecule has 0 aliphatic carbocycles. The van der Waals surface area contributed by atoms with Crippen LogP contribution in [0.3, 0.4) is 0 Å². The van der Waals surface area contributed by atoms with Gasteiger partial charge < -0.3 is 56.3 Å². The van der Waals surface area contributed by atoms with E-state index in [1.54, 1.807) is 6.08 Å². The average Bonchev–Trinajstić information content (AvgIpc) is 3.27. The first-order valence-corrected chi connectivity index (χ1v) is 23.8. The number of Topliss-reactive ketones (excluding diaryl/α,β-unsaturated/α-hetero) is 1. The zero-order valence-corrected chi connectivity index (χ0v) is 38.6. The first-order valence-electron chi connectivity index (χ1n) is 22.0. The first kappa shape index (κ1) is 47.3. The van der Waals surface area contributed by atoms with Crippen LogP contribution in [-0.4, -0.2) is 102 Å². The summed E-state index contributed by atoms with van der Waals surface area (Å²) in [6.45, 7) is 19.1. The molecule has 4 heterocycles. The van der Waals surface area contributed by atoms with Crippen molar-refractivity contribution in [3.05, 3.63) is 120 Å². The van der Waals surface area contributed by atoms with E-state index in [9.17, 15) is 9.59 Å². The second-order valence-electron chi connectivity index (χ2n) is 18.7. The van der Waals surface area contributed by atoms with Gasteiger partial charge in [-0.3, -0.25) is 4.79 Å². The summed E-state index contributed by atoms with van der Waals surface area (Å²) in [5.41, 5.74) is 2.68. The monoisotopic (exact) mass is 888 g/mol. The Kier molecular flexibility index (Phi) is 15.5. The smallest absolute Gasteiger partial charge is 0.349 e. The number of hydrogen-bond donors (Lipinski definition) is 0. The van der Waals surface area contributed by atoms with E-state index < -0.39 is 82.2 Å². The van der Waals surface area contributed by atoms with Gasteiger partial charge in [0.2, 0.25) is 0 Å². The maximum atomic E-state index is 13.6. The van der Waals surface area contributed by atoms with Crippen LogP contribution >= 0.6 is 0 Å². The van der Waals surface area contributed by atoms with E-state index in [2.05, 4.69) is 48.1 Å². The molecule has 2 unspecified atom stereocenters. The highest BCUT2D eigenvalue weighted by molar-refractivity contribution is 6.73. The van der Waals surface area contributed by atoms with E-state index in [-0.39, 0.29) is 61.7 Å². The molecule has 0 N–H and O–H groups in total. The van der Waals surface area contributed by atoms with E-state index in [4.69, 9.17) is 51.5 Å². The highest BCUT2D eigenvalue weighted by Gasteiger charge is 2.66. The zero-order chi connectivity index (χ0) is 44.8. The highest BCUT2D eigenvalue weighted by Crippen LogP contribution is 2.55. The summed E-state index contributed by atoms with van der Waals surface area (Å²) in [7, 11) is -3.07. The molecule has 7 rings (SSSR count). The Morgan fingerprint density at radius 2 is 1.25 bits per heavy atom. The quantitative estimate of drug-likeness (QED) is 0.0781. The Labute approximate surface area is 372 Å². The van der Waals surface area contributed by atoms with Crippen LogP contribution in [0.25, 0.3) is 0 Å². The minimum Gasteiger partial charge on any atom is -0.454 e. The van der Waals surface area contributed by atoms with Crippen molar-refractivity contribution in [3.63, 3.8) is 0 Å². The van der Waals surface area contributed by atoms with Crippen molar-refractivity contribution in [3.8, 4) is 0 Å². The number of hydrogen-bond acceptors (Lipinski definition) is 13. The van der Waals surface area contributed by atoms with Gasteiger partial charge in [0.05, 0.1) is 39.5 Å². The van der Waals surface area contributed by atoms with Crippen molar-refractivity contribution in [2.24, 2.45) is 0 Å². The van der Waals surface area contributed by atoms with Crippen molar-refractivity contribution in [2.75, 3.05) is 19.8 Å². The fraction of sp³-hybridized carbons (Fsp3) is 0.551. The Balaban J connectivity index is 1.30. The number of ketones is 1. The molecule has 0 amide bonds. The second kappa shape index (κ2) is 20.7. The molecule has 342 valence electrons. The van der Waals surface area contributed by atoms with Gasteiger partial charge in [-0.2, -0.15) is 0 Å². The highest BCUT2D eigenvalue weighted by atomic mass is 28.4. The van der Waals surface area contributed by atoms with E-state index in [1.165, 1.54) is 6.92 Å². The molecule has 0 saturated carbocycles. The molecule has 3 aromatic rings. The van der Waals surface area contributed by atoms with Crippen molar-refractivity contribution in [1.82, 2.24) is 0 Å². The standard InChI is InChI=1S/C49H64O13Si/c1-9-27-52-46-44(59-38(51)26-25-32(2)50)42(39-36(57-46)30-55-45(60-39)35-23-17-12-18-24-35)61-47-43(54-29-34-21-15-11-16-22-34)41(53-28-33-19-13-10-14-20-33)40-37(58-47)31-56-63(62-40,48(3,4)5)49(6,7)8/h9-24,36-37,39-47H,1,25-31H2,2-8H3/t36-,37-,39+,40+,41+,42+,43-,44-,45?,46-,47?/m1/s1. The molecule has 11 atom stereocenters. The predicted molar refractivity (Wildman–Crippen MR) is 234 cm³/mol. The van der Waals surface area contributed by atoms with Crippen LogP contribution in [0.1, 0.15) is 84.3 Å². The third kappa shape index (κ3) is 11.1. The Bertz CT molecular complexity index is 1920. The molecule has 63 heavy (non-hydrogen) atoms. The molecule has 0 spiro atoms. The molecular formula is C49H64O13Si. The number of carbonyl (C=O) groups is 2. The number of fused-ring (bicyclic) bond motifs is 2. The van der Waals surface area contributed by atoms with Gasteiger partial charge in [0, 0.05) is 22.1 Å². The van der Waals surface area contributed by atoms with Gasteiger partial charge in [0.1, 0.15) is 48.5 Å². The molecule has 14 heteroatoms. The lowest BCUT2D eigenvalue weighted by Gasteiger charge is -2.58. The van der Waals surface area contributed by atoms with Gasteiger partial charge in [-0.15, -0.1) is 6.58 Å². The second-order valence-corrected chi connectivity index (χ2v) is 23.4. The molecule has 13 nitrogen and oxygen atoms in total. The summed E-state index contributed by atoms with van der Waals surface area (Å²) in [4.78, 5) is 25.6. The van der Waals surface area contributed by atoms with Gasteiger partial charge in [-0.25, -0.2) is 0 Å². The molecule has 4 fully saturated rings. The number of esters is 1. The molecule has 0 bridgehead atoms. The minimum atomic E-state index is -3.07. The van der Waals surface area contributed by atoms with Crippen LogP contribution in [-0.2, 0) is 74.3 Å². The maximum absolute atomic E-state index is 13.6. The van der Waals surface area contributed by atoms with E-state index in [0.29, 0.717) is 0 Å². The topological polar surface area (TPSA) is 136 Å². The summed E-state index contributed by atoms with van der Waals surface area (Å²) in [5.74, 6) is -0.778. The van der Waals surface area contributed by atoms with Crippen molar-refractivity contribution in [1.29, 1.82) is 0 Å². The normalized spacial score (nSPS) is 30.7. The largest absolute Gasteiger partial charge is 0.454 e. The molecule has 0 radical (unpaired) electrons. The van der Waals surface area contributed by atoms with Crippen LogP contribution in [0.2, 0.25) is 10.1 Å². The molecular weight excluding hydrogens is 825 g/mol. The SMILES string of the molecule is C=CCO[C@@H]1O[C@@H]2COC(c3ccccc3)O[C@@H]2[C@H](OC2O[C@@H]3CO[Si](C(C)(C)C)(C(C)(C)C)O[C@@H]3[C@H](OCc3ccccc3)[C@H]2OCc2ccccc2)[C@H]1OC(=O)CCC(C)=O.